The van der Waals surface area contributed by atoms with Crippen LogP contribution < -0.4 is 16.2 Å². The summed E-state index contributed by atoms with van der Waals surface area (Å²) in [5, 5.41) is 9.89. The molecule has 0 fully saturated rings. The summed E-state index contributed by atoms with van der Waals surface area (Å²) in [4.78, 5) is 23.7. The molecule has 0 aliphatic carbocycles. The van der Waals surface area contributed by atoms with Crippen molar-refractivity contribution in [2.45, 2.75) is 6.54 Å². The summed E-state index contributed by atoms with van der Waals surface area (Å²) in [7, 11) is 1.59. The third-order valence-corrected chi connectivity index (χ3v) is 4.28. The maximum Gasteiger partial charge on any atom is 0.291 e. The number of amides is 1. The first-order valence-corrected chi connectivity index (χ1v) is 8.23. The first-order valence-electron chi connectivity index (χ1n) is 7.44. The Bertz CT molecular complexity index is 934. The van der Waals surface area contributed by atoms with Crippen LogP contribution in [0, 0.1) is 0 Å². The molecule has 0 radical (unpaired) electrons. The minimum Gasteiger partial charge on any atom is -0.459 e. The van der Waals surface area contributed by atoms with Gasteiger partial charge in [0.15, 0.2) is 5.76 Å². The van der Waals surface area contributed by atoms with Gasteiger partial charge in [-0.3, -0.25) is 9.59 Å². The Labute approximate surface area is 151 Å². The van der Waals surface area contributed by atoms with Gasteiger partial charge in [-0.05, 0) is 45.8 Å². The number of carbonyl (C=O) groups is 1. The summed E-state index contributed by atoms with van der Waals surface area (Å²) in [5.74, 6) is -0.0419. The number of nitrogens with zero attached hydrogens (tertiary/aromatic N) is 2. The molecule has 0 saturated heterocycles. The average molecular weight is 403 g/mol. The molecular weight excluding hydrogens is 388 g/mol. The minimum atomic E-state index is -0.300. The topological polar surface area (TPSA) is 89.2 Å². The van der Waals surface area contributed by atoms with E-state index in [9.17, 15) is 9.59 Å². The summed E-state index contributed by atoms with van der Waals surface area (Å²) in [5.41, 5.74) is 2.07. The molecule has 1 aromatic carbocycles. The van der Waals surface area contributed by atoms with Gasteiger partial charge >= 0.3 is 0 Å². The fraction of sp³-hybridized carbons (Fsp3) is 0.118. The van der Waals surface area contributed by atoms with Crippen molar-refractivity contribution in [2.24, 2.45) is 7.05 Å². The monoisotopic (exact) mass is 402 g/mol. The van der Waals surface area contributed by atoms with E-state index in [0.29, 0.717) is 22.4 Å². The van der Waals surface area contributed by atoms with E-state index in [1.165, 1.54) is 10.9 Å². The molecule has 0 spiro atoms. The van der Waals surface area contributed by atoms with Crippen LogP contribution in [-0.4, -0.2) is 15.7 Å². The second-order valence-electron chi connectivity index (χ2n) is 5.28. The number of rotatable bonds is 5. The second kappa shape index (κ2) is 7.35. The van der Waals surface area contributed by atoms with Gasteiger partial charge in [0, 0.05) is 19.3 Å². The number of nitrogens with one attached hydrogen (secondary N) is 2. The van der Waals surface area contributed by atoms with Crippen molar-refractivity contribution < 1.29 is 9.21 Å². The van der Waals surface area contributed by atoms with Gasteiger partial charge in [-0.1, -0.05) is 12.1 Å². The molecular formula is C17H15BrN4O3. The Morgan fingerprint density at radius 1 is 1.28 bits per heavy atom. The zero-order valence-corrected chi connectivity index (χ0v) is 14.9. The molecule has 3 aromatic rings. The lowest BCUT2D eigenvalue weighted by molar-refractivity contribution is 0.0996. The van der Waals surface area contributed by atoms with E-state index in [1.54, 1.807) is 37.5 Å². The zero-order chi connectivity index (χ0) is 17.8. The molecule has 0 atom stereocenters. The Hall–Kier alpha value is -2.87. The lowest BCUT2D eigenvalue weighted by Gasteiger charge is -2.09. The van der Waals surface area contributed by atoms with Gasteiger partial charge in [-0.2, -0.15) is 5.10 Å². The van der Waals surface area contributed by atoms with Crippen molar-refractivity contribution >= 4 is 33.2 Å². The number of hydrogen-bond donors (Lipinski definition) is 2. The molecule has 0 aliphatic heterocycles. The van der Waals surface area contributed by atoms with Gasteiger partial charge in [0.25, 0.3) is 11.5 Å². The van der Waals surface area contributed by atoms with Gasteiger partial charge in [-0.25, -0.2) is 4.68 Å². The quantitative estimate of drug-likeness (QED) is 0.684. The van der Waals surface area contributed by atoms with Crippen LogP contribution in [0.3, 0.4) is 0 Å². The predicted octanol–water partition coefficient (Wildman–Crippen LogP) is 3.00. The maximum absolute atomic E-state index is 11.9. The molecule has 0 saturated carbocycles. The number of carbonyl (C=O) groups excluding carboxylic acids is 1. The van der Waals surface area contributed by atoms with Crippen molar-refractivity contribution in [2.75, 3.05) is 10.6 Å². The predicted molar refractivity (Wildman–Crippen MR) is 97.6 cm³/mol. The first kappa shape index (κ1) is 17.0. The molecule has 0 aliphatic rings. The summed E-state index contributed by atoms with van der Waals surface area (Å²) < 4.78 is 6.74. The molecule has 2 heterocycles. The number of anilines is 2. The van der Waals surface area contributed by atoms with Gasteiger partial charge in [0.05, 0.1) is 18.1 Å². The van der Waals surface area contributed by atoms with E-state index < -0.39 is 0 Å². The van der Waals surface area contributed by atoms with Crippen LogP contribution in [0.4, 0.5) is 11.4 Å². The van der Waals surface area contributed by atoms with Crippen LogP contribution in [-0.2, 0) is 13.6 Å². The SMILES string of the molecule is Cn1ncc(NCc2ccc(NC(=O)c3ccco3)cc2)c(Br)c1=O. The molecule has 3 rings (SSSR count). The Morgan fingerprint density at radius 3 is 2.72 bits per heavy atom. The summed E-state index contributed by atoms with van der Waals surface area (Å²) >= 11 is 3.27. The fourth-order valence-electron chi connectivity index (χ4n) is 2.14. The van der Waals surface area contributed by atoms with Gasteiger partial charge in [0.1, 0.15) is 4.47 Å². The highest BCUT2D eigenvalue weighted by Gasteiger charge is 2.09. The van der Waals surface area contributed by atoms with Crippen molar-refractivity contribution in [3.63, 3.8) is 0 Å². The van der Waals surface area contributed by atoms with E-state index in [-0.39, 0.29) is 17.2 Å². The van der Waals surface area contributed by atoms with Crippen LogP contribution in [0.25, 0.3) is 0 Å². The third-order valence-electron chi connectivity index (χ3n) is 3.52. The fourth-order valence-corrected chi connectivity index (χ4v) is 2.64. The van der Waals surface area contributed by atoms with Crippen LogP contribution in [0.15, 0.2) is 62.5 Å². The van der Waals surface area contributed by atoms with E-state index in [0.717, 1.165) is 5.56 Å². The van der Waals surface area contributed by atoms with Crippen molar-refractivity contribution in [3.8, 4) is 0 Å². The van der Waals surface area contributed by atoms with Crippen LogP contribution in [0.5, 0.6) is 0 Å². The van der Waals surface area contributed by atoms with E-state index in [4.69, 9.17) is 4.42 Å². The standard InChI is InChI=1S/C17H15BrN4O3/c1-22-17(24)15(18)13(10-20-22)19-9-11-4-6-12(7-5-11)21-16(23)14-3-2-8-25-14/h2-8,10,19H,9H2,1H3,(H,21,23). The highest BCUT2D eigenvalue weighted by molar-refractivity contribution is 9.10. The van der Waals surface area contributed by atoms with Gasteiger partial charge < -0.3 is 15.1 Å². The van der Waals surface area contributed by atoms with Gasteiger partial charge in [-0.15, -0.1) is 0 Å². The van der Waals surface area contributed by atoms with Crippen molar-refractivity contribution in [1.82, 2.24) is 9.78 Å². The summed E-state index contributed by atoms with van der Waals surface area (Å²) in [6.07, 6.45) is 3.04. The highest BCUT2D eigenvalue weighted by atomic mass is 79.9. The Morgan fingerprint density at radius 2 is 2.04 bits per heavy atom. The van der Waals surface area contributed by atoms with E-state index in [1.807, 2.05) is 12.1 Å². The number of aromatic nitrogens is 2. The average Bonchev–Trinajstić information content (AvgIpc) is 3.15. The first-order chi connectivity index (χ1) is 12.0. The largest absolute Gasteiger partial charge is 0.459 e. The van der Waals surface area contributed by atoms with Crippen molar-refractivity contribution in [3.05, 3.63) is 75.0 Å². The van der Waals surface area contributed by atoms with Crippen LogP contribution in [0.1, 0.15) is 16.1 Å². The number of furan rings is 1. The Kier molecular flexibility index (Phi) is 4.99. The van der Waals surface area contributed by atoms with E-state index >= 15 is 0 Å². The normalized spacial score (nSPS) is 10.5. The smallest absolute Gasteiger partial charge is 0.291 e. The highest BCUT2D eigenvalue weighted by Crippen LogP contribution is 2.18. The summed E-state index contributed by atoms with van der Waals surface area (Å²) in [6.45, 7) is 0.514. The van der Waals surface area contributed by atoms with E-state index in [2.05, 4.69) is 31.7 Å². The summed E-state index contributed by atoms with van der Waals surface area (Å²) in [6, 6.07) is 10.6. The number of halogens is 1. The molecule has 7 nitrogen and oxygen atoms in total. The zero-order valence-electron chi connectivity index (χ0n) is 13.3. The number of benzene rings is 1. The molecule has 25 heavy (non-hydrogen) atoms. The molecule has 128 valence electrons. The minimum absolute atomic E-state index is 0.207. The Balaban J connectivity index is 1.62. The lowest BCUT2D eigenvalue weighted by atomic mass is 10.2. The van der Waals surface area contributed by atoms with Crippen molar-refractivity contribution in [1.29, 1.82) is 0 Å². The van der Waals surface area contributed by atoms with Crippen LogP contribution >= 0.6 is 15.9 Å². The second-order valence-corrected chi connectivity index (χ2v) is 6.08. The molecule has 1 amide bonds. The third kappa shape index (κ3) is 3.97. The van der Waals surface area contributed by atoms with Gasteiger partial charge in [0.2, 0.25) is 0 Å². The number of aryl methyl sites for hydroxylation is 1. The molecule has 8 heteroatoms. The molecule has 0 unspecified atom stereocenters. The van der Waals surface area contributed by atoms with Crippen LogP contribution in [0.2, 0.25) is 0 Å². The molecule has 2 aromatic heterocycles. The molecule has 0 bridgehead atoms. The lowest BCUT2D eigenvalue weighted by Crippen LogP contribution is -2.21. The number of hydrogen-bond acceptors (Lipinski definition) is 5. The maximum atomic E-state index is 11.9. The molecule has 2 N–H and O–H groups in total.